The Balaban J connectivity index is 2.96. The van der Waals surface area contributed by atoms with Gasteiger partial charge in [-0.3, -0.25) is 9.80 Å². The fourth-order valence-corrected chi connectivity index (χ4v) is 1.78. The Morgan fingerprint density at radius 1 is 1.39 bits per heavy atom. The highest BCUT2D eigenvalue weighted by Gasteiger charge is 2.18. The number of nitrogens with zero attached hydrogens (tertiary/aromatic N) is 1. The molecule has 1 atom stereocenters. The van der Waals surface area contributed by atoms with Crippen LogP contribution >= 0.6 is 0 Å². The number of hydrogen-bond donors (Lipinski definition) is 2. The number of ether oxygens (including phenoxy) is 1. The molecule has 0 fully saturated rings. The zero-order chi connectivity index (χ0) is 13.9. The molecule has 0 aliphatic heterocycles. The predicted octanol–water partition coefficient (Wildman–Crippen LogP) is 0.514. The van der Waals surface area contributed by atoms with E-state index in [2.05, 4.69) is 0 Å². The molecule has 0 aromatic heterocycles. The first-order valence-corrected chi connectivity index (χ1v) is 5.78. The lowest BCUT2D eigenvalue weighted by Gasteiger charge is -2.18. The lowest BCUT2D eigenvalue weighted by molar-refractivity contribution is -0.131. The van der Waals surface area contributed by atoms with Crippen LogP contribution in [0.5, 0.6) is 5.75 Å². The van der Waals surface area contributed by atoms with Gasteiger partial charge in [-0.25, -0.2) is 5.84 Å². The first-order valence-electron chi connectivity index (χ1n) is 5.78. The maximum atomic E-state index is 11.6. The first-order chi connectivity index (χ1) is 8.36. The van der Waals surface area contributed by atoms with Crippen LogP contribution in [0, 0.1) is 13.8 Å². The summed E-state index contributed by atoms with van der Waals surface area (Å²) >= 11 is 0. The van der Waals surface area contributed by atoms with E-state index in [4.69, 9.17) is 16.3 Å². The van der Waals surface area contributed by atoms with Crippen LogP contribution in [-0.4, -0.2) is 31.1 Å². The molecule has 1 unspecified atom stereocenters. The van der Waals surface area contributed by atoms with Gasteiger partial charge in [0.05, 0.1) is 13.2 Å². The largest absolute Gasteiger partial charge is 0.496 e. The second-order valence-electron chi connectivity index (χ2n) is 4.51. The van der Waals surface area contributed by atoms with Gasteiger partial charge in [-0.05, 0) is 36.6 Å². The van der Waals surface area contributed by atoms with Gasteiger partial charge in [0, 0.05) is 13.5 Å². The Morgan fingerprint density at radius 3 is 2.44 bits per heavy atom. The van der Waals surface area contributed by atoms with Gasteiger partial charge in [0.15, 0.2) is 0 Å². The number of nitrogens with two attached hydrogens (primary N) is 2. The van der Waals surface area contributed by atoms with Crippen LogP contribution in [-0.2, 0) is 11.2 Å². The summed E-state index contributed by atoms with van der Waals surface area (Å²) in [6, 6.07) is 3.29. The summed E-state index contributed by atoms with van der Waals surface area (Å²) in [5, 5.41) is 1.01. The second kappa shape index (κ2) is 5.84. The van der Waals surface area contributed by atoms with Crippen molar-refractivity contribution >= 4 is 5.91 Å². The van der Waals surface area contributed by atoms with Crippen LogP contribution < -0.4 is 16.3 Å². The Morgan fingerprint density at radius 2 is 1.94 bits per heavy atom. The lowest BCUT2D eigenvalue weighted by Crippen LogP contribution is -2.46. The summed E-state index contributed by atoms with van der Waals surface area (Å²) in [5.41, 5.74) is 9.04. The van der Waals surface area contributed by atoms with Gasteiger partial charge in [0.1, 0.15) is 5.75 Å². The van der Waals surface area contributed by atoms with E-state index < -0.39 is 6.04 Å². The average Bonchev–Trinajstić information content (AvgIpc) is 2.32. The average molecular weight is 251 g/mol. The number of carbonyl (C=O) groups is 1. The van der Waals surface area contributed by atoms with Crippen molar-refractivity contribution in [2.45, 2.75) is 26.3 Å². The molecule has 0 spiro atoms. The SMILES string of the molecule is COc1cc(C)c(C)cc1CC(N)C(=O)N(C)N. The molecule has 0 heterocycles. The van der Waals surface area contributed by atoms with Gasteiger partial charge >= 0.3 is 0 Å². The molecule has 1 rings (SSSR count). The molecule has 0 saturated carbocycles. The molecule has 1 aromatic carbocycles. The predicted molar refractivity (Wildman–Crippen MR) is 71.1 cm³/mol. The van der Waals surface area contributed by atoms with Crippen LogP contribution in [0.2, 0.25) is 0 Å². The Hall–Kier alpha value is -1.59. The van der Waals surface area contributed by atoms with Crippen molar-refractivity contribution in [1.82, 2.24) is 5.01 Å². The van der Waals surface area contributed by atoms with E-state index in [9.17, 15) is 4.79 Å². The Kier molecular flexibility index (Phi) is 4.69. The Labute approximate surface area is 108 Å². The smallest absolute Gasteiger partial charge is 0.253 e. The molecule has 5 heteroatoms. The van der Waals surface area contributed by atoms with Crippen LogP contribution in [0.15, 0.2) is 12.1 Å². The minimum absolute atomic E-state index is 0.296. The molecule has 0 radical (unpaired) electrons. The van der Waals surface area contributed by atoms with Crippen LogP contribution in [0.1, 0.15) is 16.7 Å². The highest BCUT2D eigenvalue weighted by Crippen LogP contribution is 2.24. The van der Waals surface area contributed by atoms with Crippen molar-refractivity contribution in [3.63, 3.8) is 0 Å². The highest BCUT2D eigenvalue weighted by atomic mass is 16.5. The standard InChI is InChI=1S/C13H21N3O2/c1-8-5-10(12(18-4)6-9(8)2)7-11(14)13(17)16(3)15/h5-6,11H,7,14-15H2,1-4H3. The molecule has 18 heavy (non-hydrogen) atoms. The molecule has 100 valence electrons. The van der Waals surface area contributed by atoms with E-state index in [-0.39, 0.29) is 5.91 Å². The zero-order valence-electron chi connectivity index (χ0n) is 11.4. The summed E-state index contributed by atoms with van der Waals surface area (Å²) in [4.78, 5) is 11.6. The highest BCUT2D eigenvalue weighted by molar-refractivity contribution is 5.81. The maximum absolute atomic E-state index is 11.6. The molecule has 0 aliphatic carbocycles. The van der Waals surface area contributed by atoms with E-state index in [0.717, 1.165) is 27.4 Å². The van der Waals surface area contributed by atoms with Crippen molar-refractivity contribution in [1.29, 1.82) is 0 Å². The minimum atomic E-state index is -0.656. The van der Waals surface area contributed by atoms with Gasteiger partial charge in [-0.15, -0.1) is 0 Å². The first kappa shape index (κ1) is 14.5. The molecule has 0 saturated heterocycles. The Bertz CT molecular complexity index is 444. The summed E-state index contributed by atoms with van der Waals surface area (Å²) in [7, 11) is 3.09. The number of hydrazine groups is 1. The lowest BCUT2D eigenvalue weighted by atomic mass is 9.99. The number of methoxy groups -OCH3 is 1. The summed E-state index contributed by atoms with van der Waals surface area (Å²) < 4.78 is 5.31. The molecule has 0 aliphatic rings. The molecule has 1 amide bonds. The van der Waals surface area contributed by atoms with Gasteiger partial charge in [-0.2, -0.15) is 0 Å². The van der Waals surface area contributed by atoms with E-state index in [1.54, 1.807) is 7.11 Å². The second-order valence-corrected chi connectivity index (χ2v) is 4.51. The molecule has 1 aromatic rings. The molecule has 4 N–H and O–H groups in total. The van der Waals surface area contributed by atoms with Crippen molar-refractivity contribution in [3.8, 4) is 5.75 Å². The number of rotatable bonds is 4. The number of carbonyl (C=O) groups excluding carboxylic acids is 1. The van der Waals surface area contributed by atoms with Crippen molar-refractivity contribution in [3.05, 3.63) is 28.8 Å². The topological polar surface area (TPSA) is 81.6 Å². The van der Waals surface area contributed by atoms with Crippen molar-refractivity contribution < 1.29 is 9.53 Å². The normalized spacial score (nSPS) is 12.1. The molecular weight excluding hydrogens is 230 g/mol. The zero-order valence-corrected chi connectivity index (χ0v) is 11.4. The van der Waals surface area contributed by atoms with Crippen LogP contribution in [0.25, 0.3) is 0 Å². The van der Waals surface area contributed by atoms with Crippen LogP contribution in [0.3, 0.4) is 0 Å². The maximum Gasteiger partial charge on any atom is 0.253 e. The fourth-order valence-electron chi connectivity index (χ4n) is 1.78. The summed E-state index contributed by atoms with van der Waals surface area (Å²) in [5.74, 6) is 5.84. The van der Waals surface area contributed by atoms with E-state index in [0.29, 0.717) is 6.42 Å². The summed E-state index contributed by atoms with van der Waals surface area (Å²) in [6.07, 6.45) is 0.407. The van der Waals surface area contributed by atoms with E-state index >= 15 is 0 Å². The van der Waals surface area contributed by atoms with Gasteiger partial charge in [0.2, 0.25) is 0 Å². The number of likely N-dealkylation sites (N-methyl/N-ethyl adjacent to an activating group) is 1. The van der Waals surface area contributed by atoms with E-state index in [1.807, 2.05) is 26.0 Å². The minimum Gasteiger partial charge on any atom is -0.496 e. The molecule has 0 bridgehead atoms. The number of hydrogen-bond acceptors (Lipinski definition) is 4. The van der Waals surface area contributed by atoms with Gasteiger partial charge < -0.3 is 10.5 Å². The summed E-state index contributed by atoms with van der Waals surface area (Å²) in [6.45, 7) is 4.03. The molecular formula is C13H21N3O2. The third kappa shape index (κ3) is 3.21. The molecule has 5 nitrogen and oxygen atoms in total. The van der Waals surface area contributed by atoms with Crippen molar-refractivity contribution in [2.24, 2.45) is 11.6 Å². The number of amides is 1. The third-order valence-corrected chi connectivity index (χ3v) is 3.00. The van der Waals surface area contributed by atoms with Crippen molar-refractivity contribution in [2.75, 3.05) is 14.2 Å². The van der Waals surface area contributed by atoms with E-state index in [1.165, 1.54) is 7.05 Å². The third-order valence-electron chi connectivity index (χ3n) is 3.00. The monoisotopic (exact) mass is 251 g/mol. The van der Waals surface area contributed by atoms with Gasteiger partial charge in [0.25, 0.3) is 5.91 Å². The fraction of sp³-hybridized carbons (Fsp3) is 0.462. The quantitative estimate of drug-likeness (QED) is 0.464. The van der Waals surface area contributed by atoms with Crippen LogP contribution in [0.4, 0.5) is 0 Å². The van der Waals surface area contributed by atoms with Gasteiger partial charge in [-0.1, -0.05) is 6.07 Å². The number of aryl methyl sites for hydroxylation is 2. The number of benzene rings is 1.